The number of esters is 3. The minimum absolute atomic E-state index is 0.0781. The molecule has 3 fully saturated rings. The van der Waals surface area contributed by atoms with Gasteiger partial charge < -0.3 is 98.8 Å². The predicted octanol–water partition coefficient (Wildman–Crippen LogP) is 2.25. The first-order valence-electron chi connectivity index (χ1n) is 30.0. The Morgan fingerprint density at radius 2 is 1.40 bits per heavy atom. The van der Waals surface area contributed by atoms with Gasteiger partial charge in [0.05, 0.1) is 92.6 Å². The molecule has 0 radical (unpaired) electrons. The smallest absolute Gasteiger partial charge is 0.330 e. The van der Waals surface area contributed by atoms with Crippen molar-refractivity contribution in [3.05, 3.63) is 12.2 Å². The summed E-state index contributed by atoms with van der Waals surface area (Å²) in [7, 11) is 4.33. The molecule has 82 heavy (non-hydrogen) atoms. The molecule has 3 saturated heterocycles. The maximum Gasteiger partial charge on any atom is 0.330 e. The molecule has 4 heterocycles. The van der Waals surface area contributed by atoms with Crippen LogP contribution >= 0.6 is 0 Å². The molecule has 27 atom stereocenters. The summed E-state index contributed by atoms with van der Waals surface area (Å²) in [6, 6.07) is 0. The van der Waals surface area contributed by atoms with Crippen LogP contribution in [-0.2, 0) is 57.0 Å². The Bertz CT molecular complexity index is 1910. The molecule has 0 unspecified atom stereocenters. The molecule has 2 bridgehead atoms. The molecule has 0 aromatic rings. The fraction of sp³-hybridized carbons (Fsp3) is 0.915. The third-order valence-electron chi connectivity index (χ3n) is 17.8. The minimum atomic E-state index is -2.46. The standard InChI is InChI=1S/C59H104O23/c1-12-13-18-43(57(71)76-11)58(72)79-41-17-15-19-44(64)55-53(81-55)34(6)52(33(5)51(69)32(4)50(68)31(3)35(7)77-49-28-47(74-9)54(75-10)36(8)78-49)80-48(67)20-14-16-37(60)23-39(62)24-38(61)22-21-30(2)46(66)29-59(73)56(70)45(65)27-42(82-59)26-40(63)25-41/h14,20,30-47,49-56,60-66,68-70,73H,12-13,15-19,21-29H2,1-11H3/b20-14+/t30-,31+,32+,33+,34-,35-,36+,37-,38-,39-,40-,41-,42+,43-,44-,45-,46+,47+,49-,50+,51+,52+,53-,54-,55-,56+,59-/m0/s1. The van der Waals surface area contributed by atoms with Crippen molar-refractivity contribution in [1.82, 2.24) is 0 Å². The van der Waals surface area contributed by atoms with Crippen LogP contribution in [-0.4, -0.2) is 223 Å². The van der Waals surface area contributed by atoms with E-state index in [2.05, 4.69) is 0 Å². The highest BCUT2D eigenvalue weighted by atomic mass is 16.7. The zero-order chi connectivity index (χ0) is 61.3. The van der Waals surface area contributed by atoms with E-state index in [1.807, 2.05) is 13.8 Å². The summed E-state index contributed by atoms with van der Waals surface area (Å²) in [5.41, 5.74) is 0. The Morgan fingerprint density at radius 3 is 2.05 bits per heavy atom. The molecule has 0 aromatic heterocycles. The quantitative estimate of drug-likeness (QED) is 0.0457. The molecule has 11 N–H and O–H groups in total. The Morgan fingerprint density at radius 1 is 0.732 bits per heavy atom. The maximum absolute atomic E-state index is 13.7. The highest BCUT2D eigenvalue weighted by Crippen LogP contribution is 2.41. The third-order valence-corrected chi connectivity index (χ3v) is 17.8. The van der Waals surface area contributed by atoms with Crippen LogP contribution in [0.4, 0.5) is 0 Å². The fourth-order valence-electron chi connectivity index (χ4n) is 12.2. The van der Waals surface area contributed by atoms with Crippen molar-refractivity contribution in [3.8, 4) is 0 Å². The lowest BCUT2D eigenvalue weighted by atomic mass is 9.77. The number of cyclic esters (lactones) is 1. The number of ether oxygens (including phenoxy) is 9. The average Bonchev–Trinajstić information content (AvgIpc) is 4.25. The van der Waals surface area contributed by atoms with Crippen LogP contribution in [0.3, 0.4) is 0 Å². The molecule has 478 valence electrons. The van der Waals surface area contributed by atoms with E-state index in [1.165, 1.54) is 6.08 Å². The second-order valence-corrected chi connectivity index (χ2v) is 24.3. The second-order valence-electron chi connectivity index (χ2n) is 24.3. The van der Waals surface area contributed by atoms with Crippen molar-refractivity contribution in [2.45, 2.75) is 286 Å². The molecule has 4 rings (SSSR count). The topological polar surface area (TPSA) is 360 Å². The lowest BCUT2D eigenvalue weighted by Crippen LogP contribution is -2.59. The summed E-state index contributed by atoms with van der Waals surface area (Å²) in [5.74, 6) is -9.57. The number of rotatable bonds is 16. The number of methoxy groups -OCH3 is 3. The van der Waals surface area contributed by atoms with Gasteiger partial charge >= 0.3 is 17.9 Å². The molecule has 23 heteroatoms. The number of aliphatic hydroxyl groups excluding tert-OH is 10. The van der Waals surface area contributed by atoms with Crippen molar-refractivity contribution in [2.24, 2.45) is 35.5 Å². The van der Waals surface area contributed by atoms with Crippen molar-refractivity contribution >= 4 is 17.9 Å². The zero-order valence-corrected chi connectivity index (χ0v) is 50.3. The van der Waals surface area contributed by atoms with Gasteiger partial charge in [0.25, 0.3) is 0 Å². The number of hydrogen-bond acceptors (Lipinski definition) is 23. The van der Waals surface area contributed by atoms with Gasteiger partial charge in [-0.1, -0.05) is 60.5 Å². The van der Waals surface area contributed by atoms with Gasteiger partial charge in [-0.3, -0.25) is 9.59 Å². The summed E-state index contributed by atoms with van der Waals surface area (Å²) in [6.45, 7) is 14.1. The Hall–Kier alpha value is -2.53. The number of unbranched alkanes of at least 4 members (excludes halogenated alkanes) is 1. The van der Waals surface area contributed by atoms with Gasteiger partial charge in [-0.2, -0.15) is 0 Å². The van der Waals surface area contributed by atoms with Crippen molar-refractivity contribution in [1.29, 1.82) is 0 Å². The average molecular weight is 1180 g/mol. The zero-order valence-electron chi connectivity index (χ0n) is 50.3. The van der Waals surface area contributed by atoms with E-state index < -0.39 is 170 Å². The van der Waals surface area contributed by atoms with Gasteiger partial charge in [0, 0.05) is 69.7 Å². The van der Waals surface area contributed by atoms with E-state index >= 15 is 0 Å². The summed E-state index contributed by atoms with van der Waals surface area (Å²) >= 11 is 0. The molecule has 0 aromatic carbocycles. The van der Waals surface area contributed by atoms with Crippen LogP contribution in [0, 0.1) is 35.5 Å². The monoisotopic (exact) mass is 1180 g/mol. The lowest BCUT2D eigenvalue weighted by Gasteiger charge is -2.45. The number of epoxide rings is 1. The van der Waals surface area contributed by atoms with Gasteiger partial charge in [0.15, 0.2) is 18.0 Å². The van der Waals surface area contributed by atoms with Gasteiger partial charge in [0.2, 0.25) is 0 Å². The minimum Gasteiger partial charge on any atom is -0.468 e. The number of carbonyl (C=O) groups excluding carboxylic acids is 3. The first kappa shape index (κ1) is 71.9. The van der Waals surface area contributed by atoms with Crippen molar-refractivity contribution < 1.29 is 113 Å². The Labute approximate surface area is 484 Å². The van der Waals surface area contributed by atoms with E-state index in [4.69, 9.17) is 42.6 Å². The number of carbonyl (C=O) groups is 3. The van der Waals surface area contributed by atoms with Gasteiger partial charge in [-0.25, -0.2) is 4.79 Å². The second kappa shape index (κ2) is 34.1. The van der Waals surface area contributed by atoms with Gasteiger partial charge in [0.1, 0.15) is 30.5 Å². The SMILES string of the molecule is CCCC[C@@H](C(=O)OC)C(=O)O[C@H]1CCC[C@H](O)[C@@H]2O[C@H]2[C@@H](C)[C@@H]([C@H](C)[C@H](O)[C@H](C)[C@H](O)[C@H](C)[C@H](C)O[C@@H]2C[C@@H](OC)[C@@H](OC)[C@@H](C)O2)OC(=O)/C=C/C[C@H](O)C[C@H](O)C[C@@H](O)CC[C@H](C)[C@H](O)C[C@]2(O)O[C@H](C[C@@H](O)C1)C[C@H](O)[C@H]2O. The third kappa shape index (κ3) is 21.1. The number of aliphatic hydroxyl groups is 11. The molecule has 0 aliphatic carbocycles. The van der Waals surface area contributed by atoms with Crippen LogP contribution in [0.15, 0.2) is 12.2 Å². The first-order valence-corrected chi connectivity index (χ1v) is 30.0. The van der Waals surface area contributed by atoms with E-state index in [0.717, 1.165) is 13.2 Å². The maximum atomic E-state index is 13.7. The van der Waals surface area contributed by atoms with Crippen LogP contribution in [0.25, 0.3) is 0 Å². The normalized spacial score (nSPS) is 40.5. The van der Waals surface area contributed by atoms with E-state index in [9.17, 15) is 70.6 Å². The molecule has 0 amide bonds. The predicted molar refractivity (Wildman–Crippen MR) is 295 cm³/mol. The van der Waals surface area contributed by atoms with Crippen LogP contribution in [0.1, 0.15) is 158 Å². The van der Waals surface area contributed by atoms with Crippen LogP contribution in [0.2, 0.25) is 0 Å². The molecule has 4 aliphatic rings. The highest BCUT2D eigenvalue weighted by Gasteiger charge is 2.53. The molecule has 23 nitrogen and oxygen atoms in total. The van der Waals surface area contributed by atoms with Crippen LogP contribution < -0.4 is 0 Å². The molecule has 0 saturated carbocycles. The lowest BCUT2D eigenvalue weighted by molar-refractivity contribution is -0.333. The molecular formula is C59H104O23. The Balaban J connectivity index is 1.58. The summed E-state index contributed by atoms with van der Waals surface area (Å²) in [5, 5.41) is 124. The van der Waals surface area contributed by atoms with E-state index in [-0.39, 0.29) is 95.4 Å². The number of fused-ring (bicyclic) bond motifs is 3. The summed E-state index contributed by atoms with van der Waals surface area (Å²) < 4.78 is 52.5. The highest BCUT2D eigenvalue weighted by molar-refractivity contribution is 5.94. The first-order chi connectivity index (χ1) is 38.6. The van der Waals surface area contributed by atoms with Crippen molar-refractivity contribution in [3.63, 3.8) is 0 Å². The molecule has 0 spiro atoms. The Kier molecular flexibility index (Phi) is 29.9. The van der Waals surface area contributed by atoms with Crippen LogP contribution in [0.5, 0.6) is 0 Å². The van der Waals surface area contributed by atoms with Gasteiger partial charge in [-0.05, 0) is 84.0 Å². The summed E-state index contributed by atoms with van der Waals surface area (Å²) in [6.07, 6.45) is -16.1. The molecular weight excluding hydrogens is 1080 g/mol. The summed E-state index contributed by atoms with van der Waals surface area (Å²) in [4.78, 5) is 40.1. The van der Waals surface area contributed by atoms with Gasteiger partial charge in [-0.15, -0.1) is 0 Å². The van der Waals surface area contributed by atoms with E-state index in [0.29, 0.717) is 19.3 Å². The van der Waals surface area contributed by atoms with E-state index in [1.54, 1.807) is 55.8 Å². The fourth-order valence-corrected chi connectivity index (χ4v) is 12.2. The van der Waals surface area contributed by atoms with Crippen molar-refractivity contribution in [2.75, 3.05) is 21.3 Å². The number of hydrogen-bond donors (Lipinski definition) is 11. The molecule has 4 aliphatic heterocycles. The largest absolute Gasteiger partial charge is 0.468 e.